The molecule has 0 radical (unpaired) electrons. The van der Waals surface area contributed by atoms with Gasteiger partial charge in [-0.1, -0.05) is 67.2 Å². The Labute approximate surface area is 158 Å². The summed E-state index contributed by atoms with van der Waals surface area (Å²) in [6, 6.07) is 24.1. The van der Waals surface area contributed by atoms with E-state index in [0.29, 0.717) is 5.84 Å². The fourth-order valence-electron chi connectivity index (χ4n) is 3.22. The van der Waals surface area contributed by atoms with Gasteiger partial charge >= 0.3 is 0 Å². The van der Waals surface area contributed by atoms with Crippen LogP contribution >= 0.6 is 0 Å². The van der Waals surface area contributed by atoms with Crippen molar-refractivity contribution >= 4 is 33.5 Å². The lowest BCUT2D eigenvalue weighted by molar-refractivity contribution is 0.669. The van der Waals surface area contributed by atoms with Crippen LogP contribution in [-0.2, 0) is 0 Å². The predicted octanol–water partition coefficient (Wildman–Crippen LogP) is 6.38. The van der Waals surface area contributed by atoms with Gasteiger partial charge in [-0.15, -0.1) is 0 Å². The van der Waals surface area contributed by atoms with Gasteiger partial charge in [-0.2, -0.15) is 0 Å². The topological polar surface area (TPSA) is 37.9 Å². The molecule has 1 aromatic heterocycles. The molecule has 0 aliphatic rings. The standard InChI is InChI=1S/C24H20N2O/c1-16(2)25-24(18-10-5-4-6-11-18)26-17(3)19-13-9-15-22-23(19)20-12-7-8-14-21(20)27-22/h4-15H,1H2,2-3H3. The number of aliphatic imine (C=N–C) groups is 2. The first-order chi connectivity index (χ1) is 13.1. The molecule has 3 aromatic carbocycles. The molecule has 1 heterocycles. The van der Waals surface area contributed by atoms with Gasteiger partial charge in [0.15, 0.2) is 5.84 Å². The molecule has 3 nitrogen and oxygen atoms in total. The first-order valence-electron chi connectivity index (χ1n) is 8.89. The zero-order valence-corrected chi connectivity index (χ0v) is 15.4. The summed E-state index contributed by atoms with van der Waals surface area (Å²) in [5.74, 6) is 0.658. The van der Waals surface area contributed by atoms with E-state index in [9.17, 15) is 0 Å². The Balaban J connectivity index is 1.91. The number of furan rings is 1. The average molecular weight is 352 g/mol. The zero-order chi connectivity index (χ0) is 18.8. The van der Waals surface area contributed by atoms with E-state index in [1.54, 1.807) is 0 Å². The summed E-state index contributed by atoms with van der Waals surface area (Å²) in [7, 11) is 0. The molecule has 0 atom stereocenters. The third-order valence-electron chi connectivity index (χ3n) is 4.39. The van der Waals surface area contributed by atoms with Crippen LogP contribution in [0.25, 0.3) is 21.9 Å². The minimum Gasteiger partial charge on any atom is -0.456 e. The molecule has 4 aromatic rings. The van der Waals surface area contributed by atoms with Gasteiger partial charge in [0, 0.05) is 33.3 Å². The summed E-state index contributed by atoms with van der Waals surface area (Å²) in [6.45, 7) is 7.79. The summed E-state index contributed by atoms with van der Waals surface area (Å²) >= 11 is 0. The molecule has 0 aliphatic heterocycles. The van der Waals surface area contributed by atoms with Crippen molar-refractivity contribution < 1.29 is 4.42 Å². The van der Waals surface area contributed by atoms with Crippen LogP contribution in [-0.4, -0.2) is 11.5 Å². The van der Waals surface area contributed by atoms with Gasteiger partial charge < -0.3 is 4.42 Å². The molecular formula is C24H20N2O. The van der Waals surface area contributed by atoms with Crippen molar-refractivity contribution in [3.05, 3.63) is 96.2 Å². The molecule has 0 unspecified atom stereocenters. The fourth-order valence-corrected chi connectivity index (χ4v) is 3.22. The highest BCUT2D eigenvalue weighted by atomic mass is 16.3. The molecule has 0 saturated carbocycles. The molecule has 0 fully saturated rings. The number of para-hydroxylation sites is 1. The number of amidine groups is 1. The van der Waals surface area contributed by atoms with Crippen LogP contribution in [0.4, 0.5) is 0 Å². The second-order valence-corrected chi connectivity index (χ2v) is 6.51. The van der Waals surface area contributed by atoms with E-state index in [-0.39, 0.29) is 0 Å². The van der Waals surface area contributed by atoms with E-state index in [1.807, 2.05) is 74.5 Å². The first kappa shape index (κ1) is 17.0. The predicted molar refractivity (Wildman–Crippen MR) is 114 cm³/mol. The number of allylic oxidation sites excluding steroid dienone is 1. The minimum atomic E-state index is 0.658. The summed E-state index contributed by atoms with van der Waals surface area (Å²) in [5.41, 5.74) is 5.35. The van der Waals surface area contributed by atoms with Gasteiger partial charge in [-0.25, -0.2) is 9.98 Å². The van der Waals surface area contributed by atoms with Crippen molar-refractivity contribution in [2.75, 3.05) is 0 Å². The highest BCUT2D eigenvalue weighted by Crippen LogP contribution is 2.31. The van der Waals surface area contributed by atoms with Crippen molar-refractivity contribution in [1.29, 1.82) is 0 Å². The molecule has 0 aliphatic carbocycles. The Morgan fingerprint density at radius 2 is 1.48 bits per heavy atom. The lowest BCUT2D eigenvalue weighted by atomic mass is 10.0. The van der Waals surface area contributed by atoms with Crippen molar-refractivity contribution in [3.63, 3.8) is 0 Å². The number of hydrogen-bond donors (Lipinski definition) is 0. The van der Waals surface area contributed by atoms with Gasteiger partial charge in [-0.3, -0.25) is 0 Å². The highest BCUT2D eigenvalue weighted by molar-refractivity contribution is 6.21. The SMILES string of the molecule is C=C(C)N=C(N=C(C)c1cccc2oc3ccccc3c12)c1ccccc1. The normalized spacial score (nSPS) is 12.7. The lowest BCUT2D eigenvalue weighted by Gasteiger charge is -2.06. The van der Waals surface area contributed by atoms with Crippen molar-refractivity contribution in [2.24, 2.45) is 9.98 Å². The molecule has 27 heavy (non-hydrogen) atoms. The summed E-state index contributed by atoms with van der Waals surface area (Å²) in [4.78, 5) is 9.41. The summed E-state index contributed by atoms with van der Waals surface area (Å²) in [5, 5.41) is 2.17. The van der Waals surface area contributed by atoms with Crippen LogP contribution in [0.5, 0.6) is 0 Å². The number of rotatable bonds is 3. The number of fused-ring (bicyclic) bond motifs is 3. The summed E-state index contributed by atoms with van der Waals surface area (Å²) < 4.78 is 6.00. The van der Waals surface area contributed by atoms with Gasteiger partial charge in [0.1, 0.15) is 11.2 Å². The van der Waals surface area contributed by atoms with Gasteiger partial charge in [0.25, 0.3) is 0 Å². The Hall–Kier alpha value is -3.46. The Morgan fingerprint density at radius 1 is 0.778 bits per heavy atom. The third-order valence-corrected chi connectivity index (χ3v) is 4.39. The molecule has 0 N–H and O–H groups in total. The first-order valence-corrected chi connectivity index (χ1v) is 8.89. The molecule has 0 saturated heterocycles. The summed E-state index contributed by atoms with van der Waals surface area (Å²) in [6.07, 6.45) is 0. The van der Waals surface area contributed by atoms with Gasteiger partial charge in [-0.05, 0) is 26.0 Å². The van der Waals surface area contributed by atoms with E-state index in [1.165, 1.54) is 0 Å². The van der Waals surface area contributed by atoms with E-state index in [4.69, 9.17) is 9.41 Å². The van der Waals surface area contributed by atoms with Crippen molar-refractivity contribution in [3.8, 4) is 0 Å². The molecule has 0 amide bonds. The second-order valence-electron chi connectivity index (χ2n) is 6.51. The maximum atomic E-state index is 6.00. The van der Waals surface area contributed by atoms with Crippen LogP contribution < -0.4 is 0 Å². The van der Waals surface area contributed by atoms with Crippen molar-refractivity contribution in [2.45, 2.75) is 13.8 Å². The molecule has 3 heteroatoms. The quantitative estimate of drug-likeness (QED) is 0.311. The van der Waals surface area contributed by atoms with Crippen LogP contribution in [0.1, 0.15) is 25.0 Å². The maximum absolute atomic E-state index is 6.00. The van der Waals surface area contributed by atoms with Gasteiger partial charge in [0.2, 0.25) is 0 Å². The Morgan fingerprint density at radius 3 is 2.26 bits per heavy atom. The van der Waals surface area contributed by atoms with E-state index in [2.05, 4.69) is 23.7 Å². The van der Waals surface area contributed by atoms with Crippen LogP contribution in [0, 0.1) is 0 Å². The Bertz CT molecular complexity index is 1200. The maximum Gasteiger partial charge on any atom is 0.159 e. The molecule has 0 spiro atoms. The second kappa shape index (κ2) is 7.04. The largest absolute Gasteiger partial charge is 0.456 e. The number of hydrogen-bond acceptors (Lipinski definition) is 2. The number of benzene rings is 3. The third kappa shape index (κ3) is 3.32. The van der Waals surface area contributed by atoms with E-state index < -0.39 is 0 Å². The van der Waals surface area contributed by atoms with E-state index >= 15 is 0 Å². The smallest absolute Gasteiger partial charge is 0.159 e. The van der Waals surface area contributed by atoms with Crippen LogP contribution in [0.3, 0.4) is 0 Å². The average Bonchev–Trinajstić information content (AvgIpc) is 3.06. The lowest BCUT2D eigenvalue weighted by Crippen LogP contribution is -2.04. The molecule has 0 bridgehead atoms. The van der Waals surface area contributed by atoms with E-state index in [0.717, 1.165) is 44.5 Å². The fraction of sp³-hybridized carbons (Fsp3) is 0.0833. The highest BCUT2D eigenvalue weighted by Gasteiger charge is 2.13. The number of nitrogens with zero attached hydrogens (tertiary/aromatic N) is 2. The van der Waals surface area contributed by atoms with Crippen LogP contribution in [0.15, 0.2) is 99.5 Å². The minimum absolute atomic E-state index is 0.658. The zero-order valence-electron chi connectivity index (χ0n) is 15.4. The monoisotopic (exact) mass is 352 g/mol. The van der Waals surface area contributed by atoms with Gasteiger partial charge in [0.05, 0.1) is 0 Å². The molecule has 4 rings (SSSR count). The molecule has 132 valence electrons. The Kier molecular flexibility index (Phi) is 4.43. The molecular weight excluding hydrogens is 332 g/mol. The van der Waals surface area contributed by atoms with Crippen molar-refractivity contribution in [1.82, 2.24) is 0 Å². The van der Waals surface area contributed by atoms with Crippen LogP contribution in [0.2, 0.25) is 0 Å².